The fourth-order valence-corrected chi connectivity index (χ4v) is 2.44. The maximum atomic E-state index is 12.2. The van der Waals surface area contributed by atoms with Crippen molar-refractivity contribution in [2.75, 3.05) is 7.11 Å². The van der Waals surface area contributed by atoms with Gasteiger partial charge in [0.25, 0.3) is 0 Å². The van der Waals surface area contributed by atoms with Gasteiger partial charge >= 0.3 is 0 Å². The molecule has 0 radical (unpaired) electrons. The molecule has 116 valence electrons. The van der Waals surface area contributed by atoms with E-state index in [4.69, 9.17) is 4.74 Å². The molecule has 0 atom stereocenters. The number of ether oxygens (including phenoxy) is 1. The van der Waals surface area contributed by atoms with Crippen LogP contribution in [0.15, 0.2) is 48.5 Å². The van der Waals surface area contributed by atoms with Crippen molar-refractivity contribution in [3.63, 3.8) is 0 Å². The second kappa shape index (κ2) is 7.64. The summed E-state index contributed by atoms with van der Waals surface area (Å²) in [5.74, 6) is 0.994. The summed E-state index contributed by atoms with van der Waals surface area (Å²) in [6, 6.07) is 16.2. The number of hydrogen-bond acceptors (Lipinski definition) is 2. The molecule has 3 heteroatoms. The van der Waals surface area contributed by atoms with Crippen LogP contribution in [0.5, 0.6) is 5.75 Å². The zero-order chi connectivity index (χ0) is 15.9. The molecular weight excluding hydrogens is 274 g/mol. The Morgan fingerprint density at radius 1 is 1.05 bits per heavy atom. The molecule has 2 rings (SSSR count). The van der Waals surface area contributed by atoms with Gasteiger partial charge in [0.05, 0.1) is 7.11 Å². The highest BCUT2D eigenvalue weighted by molar-refractivity contribution is 5.75. The number of amides is 1. The summed E-state index contributed by atoms with van der Waals surface area (Å²) in [7, 11) is 1.65. The number of rotatable bonds is 6. The molecule has 0 aliphatic carbocycles. The van der Waals surface area contributed by atoms with Crippen molar-refractivity contribution in [1.82, 2.24) is 4.90 Å². The van der Waals surface area contributed by atoms with Crippen LogP contribution in [0.4, 0.5) is 0 Å². The summed E-state index contributed by atoms with van der Waals surface area (Å²) in [5, 5.41) is 0. The van der Waals surface area contributed by atoms with Crippen LogP contribution in [0, 0.1) is 6.92 Å². The smallest absolute Gasteiger partial charge is 0.222 e. The number of carbonyl (C=O) groups is 1. The van der Waals surface area contributed by atoms with Crippen molar-refractivity contribution < 1.29 is 9.53 Å². The SMILES string of the molecule is CCC(=O)N(Cc1ccc(OC)cc1)Cc1cccc(C)c1. The van der Waals surface area contributed by atoms with Gasteiger partial charge in [0.2, 0.25) is 5.91 Å². The molecule has 0 N–H and O–H groups in total. The van der Waals surface area contributed by atoms with Gasteiger partial charge in [-0.25, -0.2) is 0 Å². The molecule has 22 heavy (non-hydrogen) atoms. The minimum Gasteiger partial charge on any atom is -0.497 e. The average Bonchev–Trinajstić information content (AvgIpc) is 2.54. The first-order valence-corrected chi connectivity index (χ1v) is 7.58. The van der Waals surface area contributed by atoms with Crippen LogP contribution < -0.4 is 4.74 Å². The molecule has 0 heterocycles. The third-order valence-electron chi connectivity index (χ3n) is 3.64. The number of methoxy groups -OCH3 is 1. The highest BCUT2D eigenvalue weighted by Crippen LogP contribution is 2.16. The molecule has 0 bridgehead atoms. The van der Waals surface area contributed by atoms with E-state index in [2.05, 4.69) is 25.1 Å². The number of aryl methyl sites for hydroxylation is 1. The largest absolute Gasteiger partial charge is 0.497 e. The first kappa shape index (κ1) is 16.1. The maximum absolute atomic E-state index is 12.2. The Bertz CT molecular complexity index is 620. The van der Waals surface area contributed by atoms with E-state index in [0.717, 1.165) is 16.9 Å². The predicted octanol–water partition coefficient (Wildman–Crippen LogP) is 3.94. The van der Waals surface area contributed by atoms with E-state index in [1.807, 2.05) is 42.2 Å². The second-order valence-corrected chi connectivity index (χ2v) is 5.44. The number of nitrogens with zero attached hydrogens (tertiary/aromatic N) is 1. The van der Waals surface area contributed by atoms with Gasteiger partial charge in [-0.05, 0) is 30.2 Å². The molecule has 0 saturated heterocycles. The number of benzene rings is 2. The lowest BCUT2D eigenvalue weighted by Gasteiger charge is -2.23. The van der Waals surface area contributed by atoms with Gasteiger partial charge in [-0.15, -0.1) is 0 Å². The topological polar surface area (TPSA) is 29.5 Å². The van der Waals surface area contributed by atoms with Crippen molar-refractivity contribution in [3.8, 4) is 5.75 Å². The Hall–Kier alpha value is -2.29. The van der Waals surface area contributed by atoms with Crippen molar-refractivity contribution in [2.45, 2.75) is 33.4 Å². The minimum atomic E-state index is 0.164. The van der Waals surface area contributed by atoms with Gasteiger partial charge in [-0.2, -0.15) is 0 Å². The lowest BCUT2D eigenvalue weighted by molar-refractivity contribution is -0.132. The Kier molecular flexibility index (Phi) is 5.59. The predicted molar refractivity (Wildman–Crippen MR) is 88.7 cm³/mol. The quantitative estimate of drug-likeness (QED) is 0.808. The van der Waals surface area contributed by atoms with E-state index < -0.39 is 0 Å². The van der Waals surface area contributed by atoms with Gasteiger partial charge in [-0.1, -0.05) is 48.9 Å². The van der Waals surface area contributed by atoms with Gasteiger partial charge in [-0.3, -0.25) is 4.79 Å². The first-order valence-electron chi connectivity index (χ1n) is 7.58. The number of hydrogen-bond donors (Lipinski definition) is 0. The Morgan fingerprint density at radius 3 is 2.32 bits per heavy atom. The van der Waals surface area contributed by atoms with E-state index in [9.17, 15) is 4.79 Å². The molecule has 3 nitrogen and oxygen atoms in total. The molecule has 2 aromatic rings. The highest BCUT2D eigenvalue weighted by atomic mass is 16.5. The zero-order valence-corrected chi connectivity index (χ0v) is 13.5. The van der Waals surface area contributed by atoms with E-state index in [0.29, 0.717) is 19.5 Å². The molecule has 0 unspecified atom stereocenters. The lowest BCUT2D eigenvalue weighted by Crippen LogP contribution is -2.29. The Labute approximate surface area is 132 Å². The fourth-order valence-electron chi connectivity index (χ4n) is 2.44. The second-order valence-electron chi connectivity index (χ2n) is 5.44. The van der Waals surface area contributed by atoms with Crippen LogP contribution in [0.1, 0.15) is 30.0 Å². The van der Waals surface area contributed by atoms with Crippen LogP contribution in [0.2, 0.25) is 0 Å². The first-order chi connectivity index (χ1) is 10.6. The molecule has 0 aliphatic heterocycles. The van der Waals surface area contributed by atoms with Gasteiger partial charge < -0.3 is 9.64 Å². The van der Waals surface area contributed by atoms with Crippen LogP contribution in [-0.4, -0.2) is 17.9 Å². The van der Waals surface area contributed by atoms with E-state index in [1.54, 1.807) is 7.11 Å². The van der Waals surface area contributed by atoms with Crippen LogP contribution in [0.25, 0.3) is 0 Å². The molecule has 0 saturated carbocycles. The van der Waals surface area contributed by atoms with Crippen LogP contribution in [-0.2, 0) is 17.9 Å². The molecular formula is C19H23NO2. The minimum absolute atomic E-state index is 0.164. The highest BCUT2D eigenvalue weighted by Gasteiger charge is 2.13. The number of carbonyl (C=O) groups excluding carboxylic acids is 1. The van der Waals surface area contributed by atoms with Gasteiger partial charge in [0.1, 0.15) is 5.75 Å². The van der Waals surface area contributed by atoms with Crippen molar-refractivity contribution in [1.29, 1.82) is 0 Å². The van der Waals surface area contributed by atoms with E-state index in [-0.39, 0.29) is 5.91 Å². The molecule has 1 amide bonds. The third kappa shape index (κ3) is 4.35. The zero-order valence-electron chi connectivity index (χ0n) is 13.5. The normalized spacial score (nSPS) is 10.3. The third-order valence-corrected chi connectivity index (χ3v) is 3.64. The summed E-state index contributed by atoms with van der Waals surface area (Å²) in [5.41, 5.74) is 3.48. The lowest BCUT2D eigenvalue weighted by atomic mass is 10.1. The summed E-state index contributed by atoms with van der Waals surface area (Å²) in [6.07, 6.45) is 0.516. The standard InChI is InChI=1S/C19H23NO2/c1-4-19(21)20(14-17-7-5-6-15(2)12-17)13-16-8-10-18(22-3)11-9-16/h5-12H,4,13-14H2,1-3H3. The van der Waals surface area contributed by atoms with E-state index >= 15 is 0 Å². The summed E-state index contributed by atoms with van der Waals surface area (Å²) < 4.78 is 5.17. The molecule has 0 aromatic heterocycles. The van der Waals surface area contributed by atoms with Crippen LogP contribution in [0.3, 0.4) is 0 Å². The summed E-state index contributed by atoms with van der Waals surface area (Å²) in [6.45, 7) is 5.23. The van der Waals surface area contributed by atoms with Crippen molar-refractivity contribution in [3.05, 3.63) is 65.2 Å². The van der Waals surface area contributed by atoms with Crippen LogP contribution >= 0.6 is 0 Å². The molecule has 0 fully saturated rings. The monoisotopic (exact) mass is 297 g/mol. The molecule has 0 aliphatic rings. The van der Waals surface area contributed by atoms with Crippen molar-refractivity contribution in [2.24, 2.45) is 0 Å². The molecule has 0 spiro atoms. The fraction of sp³-hybridized carbons (Fsp3) is 0.316. The average molecular weight is 297 g/mol. The maximum Gasteiger partial charge on any atom is 0.222 e. The van der Waals surface area contributed by atoms with Crippen molar-refractivity contribution >= 4 is 5.91 Å². The van der Waals surface area contributed by atoms with Gasteiger partial charge in [0, 0.05) is 19.5 Å². The summed E-state index contributed by atoms with van der Waals surface area (Å²) in [4.78, 5) is 14.1. The Balaban J connectivity index is 2.13. The van der Waals surface area contributed by atoms with Gasteiger partial charge in [0.15, 0.2) is 0 Å². The summed E-state index contributed by atoms with van der Waals surface area (Å²) >= 11 is 0. The Morgan fingerprint density at radius 2 is 1.73 bits per heavy atom. The van der Waals surface area contributed by atoms with E-state index in [1.165, 1.54) is 5.56 Å². The molecule has 2 aromatic carbocycles.